The number of imidazole rings is 2. The molecule has 16 nitrogen and oxygen atoms in total. The zero-order valence-corrected chi connectivity index (χ0v) is 38.1. The van der Waals surface area contributed by atoms with Crippen molar-refractivity contribution in [2.75, 3.05) is 41.0 Å². The van der Waals surface area contributed by atoms with Crippen molar-refractivity contribution in [3.63, 3.8) is 0 Å². The molecular weight excluding hydrogens is 829 g/mol. The van der Waals surface area contributed by atoms with Crippen molar-refractivity contribution < 1.29 is 38.4 Å². The maximum atomic E-state index is 14.4. The van der Waals surface area contributed by atoms with Gasteiger partial charge < -0.3 is 49.6 Å². The summed E-state index contributed by atoms with van der Waals surface area (Å²) in [4.78, 5) is 59.9. The maximum Gasteiger partial charge on any atom is 0.407 e. The highest BCUT2D eigenvalue weighted by Gasteiger charge is 2.42. The topological polar surface area (TPSA) is 196 Å². The predicted octanol–water partition coefficient (Wildman–Crippen LogP) is 7.23. The van der Waals surface area contributed by atoms with Gasteiger partial charge in [0.15, 0.2) is 0 Å². The number of hydrogen-bond donors (Lipinski definition) is 5. The van der Waals surface area contributed by atoms with Gasteiger partial charge >= 0.3 is 12.2 Å². The number of H-pyrrole nitrogens is 2. The summed E-state index contributed by atoms with van der Waals surface area (Å²) in [6.45, 7) is 9.87. The van der Waals surface area contributed by atoms with E-state index in [4.69, 9.17) is 28.9 Å². The predicted molar refractivity (Wildman–Crippen MR) is 244 cm³/mol. The molecule has 0 saturated carbocycles. The fourth-order valence-electron chi connectivity index (χ4n) is 9.64. The van der Waals surface area contributed by atoms with Crippen molar-refractivity contribution in [1.29, 1.82) is 0 Å². The number of benzene rings is 3. The van der Waals surface area contributed by atoms with Gasteiger partial charge in [0.1, 0.15) is 36.3 Å². The summed E-state index contributed by atoms with van der Waals surface area (Å²) in [5.74, 6) is 1.98. The molecule has 6 atom stereocenters. The molecule has 1 aliphatic carbocycles. The molecule has 1 saturated heterocycles. The third-order valence-corrected chi connectivity index (χ3v) is 13.0. The molecule has 8 rings (SSSR count). The van der Waals surface area contributed by atoms with Gasteiger partial charge in [-0.15, -0.1) is 0 Å². The number of carbonyl (C=O) groups excluding carboxylic acids is 3. The van der Waals surface area contributed by atoms with Crippen LogP contribution in [0.3, 0.4) is 0 Å². The van der Waals surface area contributed by atoms with Crippen LogP contribution in [-0.2, 0) is 38.5 Å². The first kappa shape index (κ1) is 45.3. The van der Waals surface area contributed by atoms with Crippen LogP contribution in [0.1, 0.15) is 92.7 Å². The minimum Gasteiger partial charge on any atom is -0.488 e. The van der Waals surface area contributed by atoms with E-state index in [1.807, 2.05) is 67.1 Å². The molecule has 3 aromatic carbocycles. The second kappa shape index (κ2) is 19.5. The third kappa shape index (κ3) is 9.20. The Hall–Kier alpha value is -6.23. The van der Waals surface area contributed by atoms with E-state index in [2.05, 4.69) is 57.9 Å². The molecule has 0 radical (unpaired) electrons. The number of fused-ring (bicyclic) bond motifs is 6. The van der Waals surface area contributed by atoms with E-state index in [-0.39, 0.29) is 29.8 Å². The summed E-state index contributed by atoms with van der Waals surface area (Å²) in [7, 11) is 4.26. The highest BCUT2D eigenvalue weighted by atomic mass is 16.5. The Balaban J connectivity index is 1.03. The molecule has 3 amide bonds. The van der Waals surface area contributed by atoms with E-state index >= 15 is 0 Å². The van der Waals surface area contributed by atoms with Crippen LogP contribution in [0.4, 0.5) is 9.59 Å². The summed E-state index contributed by atoms with van der Waals surface area (Å²) >= 11 is 0. The van der Waals surface area contributed by atoms with E-state index < -0.39 is 30.5 Å². The Morgan fingerprint density at radius 3 is 2.43 bits per heavy atom. The number of nitrogens with zero attached hydrogens (tertiary/aromatic N) is 4. The van der Waals surface area contributed by atoms with Crippen LogP contribution in [-0.4, -0.2) is 106 Å². The number of carbonyl (C=O) groups is 3. The highest BCUT2D eigenvalue weighted by molar-refractivity contribution is 5.88. The van der Waals surface area contributed by atoms with E-state index in [0.29, 0.717) is 49.9 Å². The van der Waals surface area contributed by atoms with Crippen molar-refractivity contribution in [2.24, 2.45) is 11.8 Å². The number of aromatic amines is 2. The van der Waals surface area contributed by atoms with Crippen molar-refractivity contribution >= 4 is 18.1 Å². The summed E-state index contributed by atoms with van der Waals surface area (Å²) in [6.07, 6.45) is 2.59. The number of likely N-dealkylation sites (tertiary alicyclic amines) is 1. The van der Waals surface area contributed by atoms with Gasteiger partial charge in [-0.1, -0.05) is 63.2 Å². The largest absolute Gasteiger partial charge is 0.488 e. The lowest BCUT2D eigenvalue weighted by atomic mass is 9.86. The van der Waals surface area contributed by atoms with Crippen LogP contribution >= 0.6 is 0 Å². The van der Waals surface area contributed by atoms with Gasteiger partial charge in [0.25, 0.3) is 5.91 Å². The molecule has 0 bridgehead atoms. The Labute approximate surface area is 379 Å². The van der Waals surface area contributed by atoms with Crippen molar-refractivity contribution in [3.05, 3.63) is 101 Å². The summed E-state index contributed by atoms with van der Waals surface area (Å²) in [5.41, 5.74) is 9.71. The normalized spacial score (nSPS) is 18.1. The van der Waals surface area contributed by atoms with Crippen molar-refractivity contribution in [3.8, 4) is 39.4 Å². The maximum absolute atomic E-state index is 14.4. The second-order valence-corrected chi connectivity index (χ2v) is 17.6. The third-order valence-electron chi connectivity index (χ3n) is 13.0. The molecule has 5 N–H and O–H groups in total. The van der Waals surface area contributed by atoms with E-state index in [1.54, 1.807) is 7.11 Å². The molecule has 4 heterocycles. The number of alkyl carbamates (subject to hydrolysis) is 2. The summed E-state index contributed by atoms with van der Waals surface area (Å²) in [5, 5.41) is 17.1. The molecule has 1 fully saturated rings. The number of aromatic nitrogens is 4. The number of aliphatic hydroxyl groups is 1. The molecule has 2 aliphatic heterocycles. The van der Waals surface area contributed by atoms with Crippen LogP contribution < -0.4 is 15.4 Å². The lowest BCUT2D eigenvalue weighted by molar-refractivity contribution is -0.134. The van der Waals surface area contributed by atoms with Gasteiger partial charge in [-0.3, -0.25) is 9.69 Å². The van der Waals surface area contributed by atoms with Gasteiger partial charge in [-0.05, 0) is 84.5 Å². The Kier molecular flexibility index (Phi) is 13.6. The number of methoxy groups -OCH3 is 3. The molecule has 6 unspecified atom stereocenters. The highest BCUT2D eigenvalue weighted by Crippen LogP contribution is 2.46. The van der Waals surface area contributed by atoms with Crippen LogP contribution in [0.15, 0.2) is 66.9 Å². The number of rotatable bonds is 15. The van der Waals surface area contributed by atoms with Gasteiger partial charge in [0.2, 0.25) is 0 Å². The monoisotopic (exact) mass is 888 g/mol. The van der Waals surface area contributed by atoms with Crippen LogP contribution in [0.2, 0.25) is 0 Å². The van der Waals surface area contributed by atoms with Gasteiger partial charge in [-0.25, -0.2) is 19.6 Å². The molecule has 2 aromatic heterocycles. The van der Waals surface area contributed by atoms with E-state index in [1.165, 1.54) is 19.8 Å². The van der Waals surface area contributed by atoms with Gasteiger partial charge in [0, 0.05) is 42.9 Å². The zero-order valence-electron chi connectivity index (χ0n) is 38.1. The molecule has 3 aliphatic rings. The van der Waals surface area contributed by atoms with Gasteiger partial charge in [-0.2, -0.15) is 0 Å². The summed E-state index contributed by atoms with van der Waals surface area (Å²) < 4.78 is 21.8. The first-order valence-electron chi connectivity index (χ1n) is 22.5. The fourth-order valence-corrected chi connectivity index (χ4v) is 9.64. The average molecular weight is 889 g/mol. The number of aliphatic hydroxyl groups excluding tert-OH is 1. The summed E-state index contributed by atoms with van der Waals surface area (Å²) in [6, 6.07) is 17.8. The number of nitrogens with one attached hydrogen (secondary N) is 4. The number of amides is 3. The first-order valence-corrected chi connectivity index (χ1v) is 22.5. The Morgan fingerprint density at radius 1 is 0.938 bits per heavy atom. The Morgan fingerprint density at radius 2 is 1.71 bits per heavy atom. The minimum atomic E-state index is -0.968. The van der Waals surface area contributed by atoms with E-state index in [9.17, 15) is 19.5 Å². The van der Waals surface area contributed by atoms with Crippen molar-refractivity contribution in [2.45, 2.75) is 90.4 Å². The Bertz CT molecular complexity index is 2500. The van der Waals surface area contributed by atoms with Crippen molar-refractivity contribution in [1.82, 2.24) is 40.4 Å². The molecule has 5 aromatic rings. The smallest absolute Gasteiger partial charge is 0.407 e. The lowest BCUT2D eigenvalue weighted by Gasteiger charge is -2.38. The molecular formula is C49H60N8O8. The fraction of sp³-hybridized carbons (Fsp3) is 0.449. The average Bonchev–Trinajstić information content (AvgIpc) is 4.10. The van der Waals surface area contributed by atoms with Crippen LogP contribution in [0.5, 0.6) is 5.75 Å². The standard InChI is InChI=1S/C49H60N8O8/c1-8-18-56(46(58)41(27(2)3)54-48(60)63-6)28(4)44-50-23-38(52-44)32-14-16-34-33(20-32)26-65-40-22-35-31(21-36(34)40)15-17-37-43(35)53-45(51-37)39-19-29(25-62-5)24-57(39)47(59)42(55-49(61)64-7)30-12-10-9-11-13-30/h9-14,16,20-23,27-29,39,41-42,46,58H,8,15,17-19,24-26H2,1-7H3,(H,50,52)(H,51,53)(H,54,60)(H,55,61). The number of aryl methyl sites for hydroxylation is 2. The first-order chi connectivity index (χ1) is 31.4. The lowest BCUT2D eigenvalue weighted by Crippen LogP contribution is -2.55. The second-order valence-electron chi connectivity index (χ2n) is 17.6. The van der Waals surface area contributed by atoms with Gasteiger partial charge in [0.05, 0.1) is 56.5 Å². The quantitative estimate of drug-likeness (QED) is 0.0666. The molecule has 16 heteroatoms. The minimum absolute atomic E-state index is 0.0487. The number of hydrogen-bond acceptors (Lipinski definition) is 11. The van der Waals surface area contributed by atoms with Crippen LogP contribution in [0, 0.1) is 11.8 Å². The molecule has 65 heavy (non-hydrogen) atoms. The van der Waals surface area contributed by atoms with Crippen LogP contribution in [0.25, 0.3) is 33.6 Å². The zero-order chi connectivity index (χ0) is 45.9. The SMILES string of the molecule is CCCN(C(C)c1ncc(-c2ccc3c(c2)COc2cc4c(cc2-3)CCc2[nH]c(C3CC(COC)CN3C(=O)C(NC(=O)OC)c3ccccc3)nc2-4)[nH]1)C(O)C(NC(=O)OC)C(C)C. The number of ether oxygens (including phenoxy) is 4. The molecule has 344 valence electrons. The van der Waals surface area contributed by atoms with E-state index in [0.717, 1.165) is 69.9 Å². The molecule has 0 spiro atoms.